The first-order valence-corrected chi connectivity index (χ1v) is 10.3. The summed E-state index contributed by atoms with van der Waals surface area (Å²) in [5, 5.41) is 2.74. The van der Waals surface area contributed by atoms with E-state index in [1.807, 2.05) is 18.2 Å². The first kappa shape index (κ1) is 16.2. The molecule has 3 heterocycles. The Kier molecular flexibility index (Phi) is 3.95. The van der Waals surface area contributed by atoms with E-state index in [4.69, 9.17) is 16.6 Å². The first-order valence-electron chi connectivity index (χ1n) is 8.28. The van der Waals surface area contributed by atoms with Crippen molar-refractivity contribution in [3.05, 3.63) is 47.2 Å². The molecule has 26 heavy (non-hydrogen) atoms. The van der Waals surface area contributed by atoms with Crippen molar-refractivity contribution < 1.29 is 4.39 Å². The Labute approximate surface area is 162 Å². The van der Waals surface area contributed by atoms with Crippen LogP contribution in [0.5, 0.6) is 0 Å². The monoisotopic (exact) mass is 404 g/mol. The molecule has 0 spiro atoms. The van der Waals surface area contributed by atoms with Gasteiger partial charge in [0.25, 0.3) is 0 Å². The molecule has 1 saturated heterocycles. The molecule has 0 saturated carbocycles. The highest BCUT2D eigenvalue weighted by Gasteiger charge is 2.22. The molecule has 4 aromatic rings. The number of halogens is 2. The fourth-order valence-electron chi connectivity index (χ4n) is 3.13. The largest absolute Gasteiger partial charge is 0.345 e. The number of rotatable bonds is 2. The van der Waals surface area contributed by atoms with Gasteiger partial charge < -0.3 is 9.80 Å². The quantitative estimate of drug-likeness (QED) is 0.469. The second-order valence-electron chi connectivity index (χ2n) is 6.19. The van der Waals surface area contributed by atoms with E-state index >= 15 is 0 Å². The van der Waals surface area contributed by atoms with E-state index in [-0.39, 0.29) is 5.82 Å². The summed E-state index contributed by atoms with van der Waals surface area (Å²) in [5.74, 6) is -0.214. The van der Waals surface area contributed by atoms with Crippen molar-refractivity contribution in [3.8, 4) is 0 Å². The lowest BCUT2D eigenvalue weighted by molar-refractivity contribution is 0.630. The fourth-order valence-corrected chi connectivity index (χ4v) is 5.47. The minimum absolute atomic E-state index is 0.214. The van der Waals surface area contributed by atoms with Crippen molar-refractivity contribution in [2.24, 2.45) is 0 Å². The third-order valence-corrected chi connectivity index (χ3v) is 6.89. The Hall–Kier alpha value is -1.96. The van der Waals surface area contributed by atoms with Crippen LogP contribution in [0.25, 0.3) is 20.4 Å². The molecule has 5 rings (SSSR count). The van der Waals surface area contributed by atoms with Gasteiger partial charge in [0.15, 0.2) is 10.3 Å². The second kappa shape index (κ2) is 6.33. The number of nitrogens with zero attached hydrogens (tertiary/aromatic N) is 4. The van der Waals surface area contributed by atoms with Gasteiger partial charge in [-0.05, 0) is 36.4 Å². The maximum Gasteiger partial charge on any atom is 0.186 e. The van der Waals surface area contributed by atoms with E-state index < -0.39 is 0 Å². The SMILES string of the molecule is Fc1ccc2nc(N3CCN(c4nc5ccc(Cl)cc5s4)CC3)sc2c1. The number of hydrogen-bond donors (Lipinski definition) is 0. The van der Waals surface area contributed by atoms with E-state index in [2.05, 4.69) is 14.8 Å². The molecule has 0 N–H and O–H groups in total. The summed E-state index contributed by atoms with van der Waals surface area (Å²) < 4.78 is 15.4. The third kappa shape index (κ3) is 2.90. The van der Waals surface area contributed by atoms with Gasteiger partial charge in [0.05, 0.1) is 20.4 Å². The van der Waals surface area contributed by atoms with Crippen molar-refractivity contribution in [1.82, 2.24) is 9.97 Å². The van der Waals surface area contributed by atoms with Gasteiger partial charge in [-0.1, -0.05) is 34.3 Å². The summed E-state index contributed by atoms with van der Waals surface area (Å²) >= 11 is 9.30. The number of anilines is 2. The Morgan fingerprint density at radius 1 is 0.808 bits per heavy atom. The van der Waals surface area contributed by atoms with Gasteiger partial charge >= 0.3 is 0 Å². The zero-order valence-electron chi connectivity index (χ0n) is 13.7. The van der Waals surface area contributed by atoms with Gasteiger partial charge in [-0.15, -0.1) is 0 Å². The molecule has 0 aliphatic carbocycles. The van der Waals surface area contributed by atoms with Gasteiger partial charge in [0.2, 0.25) is 0 Å². The standard InChI is InChI=1S/C18H14ClFN4S2/c19-11-1-3-13-15(9-11)25-17(21-13)23-5-7-24(8-6-23)18-22-14-4-2-12(20)10-16(14)26-18/h1-4,9-10H,5-8H2. The molecule has 2 aromatic carbocycles. The average Bonchev–Trinajstić information content (AvgIpc) is 3.25. The Bertz CT molecular complexity index is 1010. The fraction of sp³-hybridized carbons (Fsp3) is 0.222. The topological polar surface area (TPSA) is 32.3 Å². The molecule has 0 atom stereocenters. The molecule has 0 unspecified atom stereocenters. The second-order valence-corrected chi connectivity index (χ2v) is 8.65. The maximum absolute atomic E-state index is 13.4. The van der Waals surface area contributed by atoms with Crippen molar-refractivity contribution in [2.45, 2.75) is 0 Å². The lowest BCUT2D eigenvalue weighted by atomic mass is 10.3. The summed E-state index contributed by atoms with van der Waals surface area (Å²) in [7, 11) is 0. The zero-order chi connectivity index (χ0) is 17.7. The smallest absolute Gasteiger partial charge is 0.186 e. The summed E-state index contributed by atoms with van der Waals surface area (Å²) in [6.07, 6.45) is 0. The number of benzene rings is 2. The highest BCUT2D eigenvalue weighted by atomic mass is 35.5. The Morgan fingerprint density at radius 3 is 1.96 bits per heavy atom. The van der Waals surface area contributed by atoms with Crippen LogP contribution in [0.2, 0.25) is 5.02 Å². The predicted octanol–water partition coefficient (Wildman–Crippen LogP) is 5.03. The van der Waals surface area contributed by atoms with Crippen LogP contribution < -0.4 is 9.80 Å². The van der Waals surface area contributed by atoms with Crippen LogP contribution in [-0.4, -0.2) is 36.1 Å². The van der Waals surface area contributed by atoms with Crippen LogP contribution in [0.3, 0.4) is 0 Å². The molecule has 1 aliphatic heterocycles. The molecular weight excluding hydrogens is 391 g/mol. The molecule has 0 amide bonds. The number of piperazine rings is 1. The van der Waals surface area contributed by atoms with Crippen LogP contribution >= 0.6 is 34.3 Å². The van der Waals surface area contributed by atoms with Crippen LogP contribution in [0.15, 0.2) is 36.4 Å². The normalized spacial score (nSPS) is 15.3. The van der Waals surface area contributed by atoms with Gasteiger partial charge in [0, 0.05) is 31.2 Å². The number of thiazole rings is 2. The van der Waals surface area contributed by atoms with Gasteiger partial charge in [-0.2, -0.15) is 0 Å². The third-order valence-electron chi connectivity index (χ3n) is 4.50. The molecule has 4 nitrogen and oxygen atoms in total. The molecule has 1 aliphatic rings. The van der Waals surface area contributed by atoms with Crippen molar-refractivity contribution in [2.75, 3.05) is 36.0 Å². The minimum atomic E-state index is -0.214. The molecule has 2 aromatic heterocycles. The first-order chi connectivity index (χ1) is 12.7. The molecule has 1 fully saturated rings. The number of aromatic nitrogens is 2. The van der Waals surface area contributed by atoms with Gasteiger partial charge in [0.1, 0.15) is 5.82 Å². The zero-order valence-corrected chi connectivity index (χ0v) is 16.0. The predicted molar refractivity (Wildman–Crippen MR) is 109 cm³/mol. The van der Waals surface area contributed by atoms with Crippen LogP contribution in [0.1, 0.15) is 0 Å². The summed E-state index contributed by atoms with van der Waals surface area (Å²) in [4.78, 5) is 14.0. The van der Waals surface area contributed by atoms with Crippen molar-refractivity contribution >= 4 is 65.0 Å². The Morgan fingerprint density at radius 2 is 1.35 bits per heavy atom. The lowest BCUT2D eigenvalue weighted by Gasteiger charge is -2.34. The highest BCUT2D eigenvalue weighted by molar-refractivity contribution is 7.22. The number of fused-ring (bicyclic) bond motifs is 2. The van der Waals surface area contributed by atoms with Crippen LogP contribution in [0.4, 0.5) is 14.7 Å². The van der Waals surface area contributed by atoms with Gasteiger partial charge in [-0.3, -0.25) is 0 Å². The molecule has 0 radical (unpaired) electrons. The van der Waals surface area contributed by atoms with E-state index in [0.29, 0.717) is 0 Å². The van der Waals surface area contributed by atoms with Gasteiger partial charge in [-0.25, -0.2) is 14.4 Å². The highest BCUT2D eigenvalue weighted by Crippen LogP contribution is 2.33. The summed E-state index contributed by atoms with van der Waals surface area (Å²) in [5.41, 5.74) is 1.85. The number of hydrogen-bond acceptors (Lipinski definition) is 6. The lowest BCUT2D eigenvalue weighted by Crippen LogP contribution is -2.46. The molecular formula is C18H14ClFN4S2. The van der Waals surface area contributed by atoms with Crippen LogP contribution in [0, 0.1) is 5.82 Å². The van der Waals surface area contributed by atoms with E-state index in [9.17, 15) is 4.39 Å². The summed E-state index contributed by atoms with van der Waals surface area (Å²) in [6, 6.07) is 10.6. The average molecular weight is 405 g/mol. The summed E-state index contributed by atoms with van der Waals surface area (Å²) in [6.45, 7) is 3.52. The molecule has 132 valence electrons. The van der Waals surface area contributed by atoms with E-state index in [1.54, 1.807) is 34.8 Å². The minimum Gasteiger partial charge on any atom is -0.345 e. The van der Waals surface area contributed by atoms with Crippen LogP contribution in [-0.2, 0) is 0 Å². The van der Waals surface area contributed by atoms with E-state index in [0.717, 1.165) is 61.9 Å². The van der Waals surface area contributed by atoms with Crippen molar-refractivity contribution in [1.29, 1.82) is 0 Å². The molecule has 0 bridgehead atoms. The van der Waals surface area contributed by atoms with Crippen molar-refractivity contribution in [3.63, 3.8) is 0 Å². The molecule has 8 heteroatoms. The Balaban J connectivity index is 1.34. The maximum atomic E-state index is 13.4. The van der Waals surface area contributed by atoms with E-state index in [1.165, 1.54) is 6.07 Å².